The zero-order valence-electron chi connectivity index (χ0n) is 14.0. The first-order valence-corrected chi connectivity index (χ1v) is 8.09. The van der Waals surface area contributed by atoms with E-state index < -0.39 is 17.5 Å². The summed E-state index contributed by atoms with van der Waals surface area (Å²) >= 11 is 0. The predicted octanol–water partition coefficient (Wildman–Crippen LogP) is 3.61. The van der Waals surface area contributed by atoms with Crippen molar-refractivity contribution in [2.75, 3.05) is 11.9 Å². The van der Waals surface area contributed by atoms with Gasteiger partial charge in [-0.1, -0.05) is 30.3 Å². The first-order valence-electron chi connectivity index (χ1n) is 8.09. The third-order valence-electron chi connectivity index (χ3n) is 3.74. The van der Waals surface area contributed by atoms with Crippen LogP contribution in [0.25, 0.3) is 0 Å². The van der Waals surface area contributed by atoms with Gasteiger partial charge in [-0.05, 0) is 24.1 Å². The zero-order chi connectivity index (χ0) is 19.2. The van der Waals surface area contributed by atoms with E-state index in [9.17, 15) is 18.0 Å². The number of nitrogens with one attached hydrogen (secondary N) is 2. The van der Waals surface area contributed by atoms with Crippen LogP contribution in [0.4, 0.5) is 24.8 Å². The molecular formula is C19H15F3N4O. The van der Waals surface area contributed by atoms with E-state index in [1.54, 1.807) is 0 Å². The number of hydrogen-bond acceptors (Lipinski definition) is 4. The van der Waals surface area contributed by atoms with Crippen LogP contribution in [0.1, 0.15) is 15.9 Å². The molecule has 0 unspecified atom stereocenters. The number of aromatic nitrogens is 2. The van der Waals surface area contributed by atoms with E-state index >= 15 is 0 Å². The molecule has 0 spiro atoms. The van der Waals surface area contributed by atoms with Gasteiger partial charge in [0.25, 0.3) is 5.91 Å². The van der Waals surface area contributed by atoms with Crippen LogP contribution in [-0.4, -0.2) is 22.4 Å². The Kier molecular flexibility index (Phi) is 5.65. The van der Waals surface area contributed by atoms with Crippen molar-refractivity contribution in [1.29, 1.82) is 0 Å². The number of carbonyl (C=O) groups excluding carboxylic acids is 1. The lowest BCUT2D eigenvalue weighted by Crippen LogP contribution is -2.26. The average Bonchev–Trinajstić information content (AvgIpc) is 2.70. The molecule has 0 aliphatic carbocycles. The summed E-state index contributed by atoms with van der Waals surface area (Å²) in [5, 5.41) is 5.18. The van der Waals surface area contributed by atoms with E-state index in [-0.39, 0.29) is 23.1 Å². The van der Waals surface area contributed by atoms with Gasteiger partial charge in [0.1, 0.15) is 0 Å². The number of nitrogens with zero attached hydrogens (tertiary/aromatic N) is 2. The molecule has 1 heterocycles. The van der Waals surface area contributed by atoms with E-state index in [2.05, 4.69) is 20.6 Å². The van der Waals surface area contributed by atoms with Crippen LogP contribution in [0.3, 0.4) is 0 Å². The molecule has 0 aliphatic rings. The summed E-state index contributed by atoms with van der Waals surface area (Å²) in [6.45, 7) is 0.447. The largest absolute Gasteiger partial charge is 0.352 e. The van der Waals surface area contributed by atoms with Crippen LogP contribution in [-0.2, 0) is 6.42 Å². The molecule has 8 heteroatoms. The molecule has 3 rings (SSSR count). The van der Waals surface area contributed by atoms with Crippen molar-refractivity contribution in [2.45, 2.75) is 6.42 Å². The molecule has 0 aliphatic heterocycles. The molecule has 0 fully saturated rings. The highest BCUT2D eigenvalue weighted by Crippen LogP contribution is 2.21. The van der Waals surface area contributed by atoms with Crippen LogP contribution in [0.2, 0.25) is 0 Å². The van der Waals surface area contributed by atoms with Crippen molar-refractivity contribution in [3.63, 3.8) is 0 Å². The predicted molar refractivity (Wildman–Crippen MR) is 94.1 cm³/mol. The van der Waals surface area contributed by atoms with E-state index in [0.717, 1.165) is 17.7 Å². The Labute approximate surface area is 153 Å². The van der Waals surface area contributed by atoms with E-state index in [0.29, 0.717) is 13.0 Å². The minimum absolute atomic E-state index is 0.0549. The van der Waals surface area contributed by atoms with Gasteiger partial charge in [-0.3, -0.25) is 4.79 Å². The molecule has 2 N–H and O–H groups in total. The Hall–Kier alpha value is -3.42. The van der Waals surface area contributed by atoms with Gasteiger partial charge in [-0.25, -0.2) is 23.1 Å². The maximum absolute atomic E-state index is 13.6. The zero-order valence-corrected chi connectivity index (χ0v) is 14.0. The van der Waals surface area contributed by atoms with Crippen molar-refractivity contribution < 1.29 is 18.0 Å². The molecule has 5 nitrogen and oxygen atoms in total. The van der Waals surface area contributed by atoms with Gasteiger partial charge in [0, 0.05) is 18.9 Å². The lowest BCUT2D eigenvalue weighted by Gasteiger charge is -2.08. The van der Waals surface area contributed by atoms with E-state index in [1.807, 2.05) is 30.3 Å². The number of hydrogen-bond donors (Lipinski definition) is 2. The maximum Gasteiger partial charge on any atom is 0.254 e. The Bertz CT molecular complexity index is 934. The molecule has 0 radical (unpaired) electrons. The fourth-order valence-electron chi connectivity index (χ4n) is 2.32. The number of carbonyl (C=O) groups is 1. The maximum atomic E-state index is 13.6. The second-order valence-corrected chi connectivity index (χ2v) is 5.63. The molecular weight excluding hydrogens is 357 g/mol. The smallest absolute Gasteiger partial charge is 0.254 e. The minimum atomic E-state index is -1.59. The van der Waals surface area contributed by atoms with Gasteiger partial charge in [0.05, 0.1) is 11.3 Å². The summed E-state index contributed by atoms with van der Waals surface area (Å²) in [6, 6.07) is 11.5. The van der Waals surface area contributed by atoms with Crippen molar-refractivity contribution >= 4 is 17.5 Å². The standard InChI is InChI=1S/C19H15F3N4O/c20-14-6-7-15(17(22)16(14)21)26-19-24-10-13(11-25-19)18(27)23-9-8-12-4-2-1-3-5-12/h1-7,10-11H,8-9H2,(H,23,27)(H,24,25,26). The molecule has 0 bridgehead atoms. The Morgan fingerprint density at radius 1 is 0.926 bits per heavy atom. The van der Waals surface area contributed by atoms with E-state index in [1.165, 1.54) is 12.4 Å². The second-order valence-electron chi connectivity index (χ2n) is 5.63. The Morgan fingerprint density at radius 2 is 1.63 bits per heavy atom. The van der Waals surface area contributed by atoms with Crippen LogP contribution in [0.15, 0.2) is 54.9 Å². The van der Waals surface area contributed by atoms with Crippen molar-refractivity contribution in [2.24, 2.45) is 0 Å². The monoisotopic (exact) mass is 372 g/mol. The lowest BCUT2D eigenvalue weighted by atomic mass is 10.1. The molecule has 0 saturated carbocycles. The second kappa shape index (κ2) is 8.31. The first-order chi connectivity index (χ1) is 13.0. The number of anilines is 2. The van der Waals surface area contributed by atoms with Gasteiger partial charge in [0.15, 0.2) is 17.5 Å². The Morgan fingerprint density at radius 3 is 2.33 bits per heavy atom. The molecule has 3 aromatic rings. The van der Waals surface area contributed by atoms with E-state index in [4.69, 9.17) is 0 Å². The quantitative estimate of drug-likeness (QED) is 0.649. The fourth-order valence-corrected chi connectivity index (χ4v) is 2.32. The molecule has 27 heavy (non-hydrogen) atoms. The summed E-state index contributed by atoms with van der Waals surface area (Å²) in [7, 11) is 0. The van der Waals surface area contributed by atoms with Crippen molar-refractivity contribution in [1.82, 2.24) is 15.3 Å². The average molecular weight is 372 g/mol. The molecule has 0 saturated heterocycles. The van der Waals surface area contributed by atoms with Crippen LogP contribution < -0.4 is 10.6 Å². The van der Waals surface area contributed by atoms with Crippen molar-refractivity contribution in [3.8, 4) is 0 Å². The van der Waals surface area contributed by atoms with Crippen LogP contribution in [0, 0.1) is 17.5 Å². The number of rotatable bonds is 6. The van der Waals surface area contributed by atoms with Gasteiger partial charge < -0.3 is 10.6 Å². The molecule has 0 atom stereocenters. The van der Waals surface area contributed by atoms with Gasteiger partial charge in [-0.2, -0.15) is 0 Å². The molecule has 1 aromatic heterocycles. The summed E-state index contributed by atoms with van der Waals surface area (Å²) in [4.78, 5) is 19.9. The first kappa shape index (κ1) is 18.4. The number of benzene rings is 2. The molecule has 138 valence electrons. The lowest BCUT2D eigenvalue weighted by molar-refractivity contribution is 0.0953. The highest BCUT2D eigenvalue weighted by atomic mass is 19.2. The summed E-state index contributed by atoms with van der Waals surface area (Å²) in [5.41, 5.74) is 1.01. The Balaban J connectivity index is 1.58. The van der Waals surface area contributed by atoms with Gasteiger partial charge in [-0.15, -0.1) is 0 Å². The van der Waals surface area contributed by atoms with Gasteiger partial charge in [0.2, 0.25) is 5.95 Å². The van der Waals surface area contributed by atoms with Crippen molar-refractivity contribution in [3.05, 3.63) is 83.4 Å². The normalized spacial score (nSPS) is 10.5. The SMILES string of the molecule is O=C(NCCc1ccccc1)c1cnc(Nc2ccc(F)c(F)c2F)nc1. The third-order valence-corrected chi connectivity index (χ3v) is 3.74. The fraction of sp³-hybridized carbons (Fsp3) is 0.105. The topological polar surface area (TPSA) is 66.9 Å². The third kappa shape index (κ3) is 4.60. The highest BCUT2D eigenvalue weighted by molar-refractivity contribution is 5.93. The molecule has 2 aromatic carbocycles. The number of halogens is 3. The highest BCUT2D eigenvalue weighted by Gasteiger charge is 2.14. The summed E-state index contributed by atoms with van der Waals surface area (Å²) in [6.07, 6.45) is 3.19. The summed E-state index contributed by atoms with van der Waals surface area (Å²) < 4.78 is 39.8. The van der Waals surface area contributed by atoms with Crippen LogP contribution in [0.5, 0.6) is 0 Å². The summed E-state index contributed by atoms with van der Waals surface area (Å²) in [5.74, 6) is -4.66. The van der Waals surface area contributed by atoms with Crippen LogP contribution >= 0.6 is 0 Å². The molecule has 1 amide bonds. The number of amides is 1. The van der Waals surface area contributed by atoms with Gasteiger partial charge >= 0.3 is 0 Å². The minimum Gasteiger partial charge on any atom is -0.352 e.